The minimum absolute atomic E-state index is 0.0375. The second kappa shape index (κ2) is 7.12. The SMILES string of the molecule is CC(C)NC(=O)c1ccc(N(C)Cc2cnn(C)c2)c([N+](=O)[O-])c1. The van der Waals surface area contributed by atoms with Crippen molar-refractivity contribution in [2.24, 2.45) is 7.05 Å². The summed E-state index contributed by atoms with van der Waals surface area (Å²) in [4.78, 5) is 24.7. The summed E-state index contributed by atoms with van der Waals surface area (Å²) in [5.74, 6) is -0.324. The maximum atomic E-state index is 12.0. The van der Waals surface area contributed by atoms with Gasteiger partial charge in [-0.25, -0.2) is 0 Å². The molecule has 0 aliphatic rings. The van der Waals surface area contributed by atoms with Gasteiger partial charge in [0.15, 0.2) is 0 Å². The van der Waals surface area contributed by atoms with Crippen molar-refractivity contribution in [3.05, 3.63) is 51.8 Å². The Kier molecular flexibility index (Phi) is 5.18. The first-order valence-corrected chi connectivity index (χ1v) is 7.56. The summed E-state index contributed by atoms with van der Waals surface area (Å²) in [5.41, 5.74) is 1.56. The van der Waals surface area contributed by atoms with Crippen LogP contribution in [-0.2, 0) is 13.6 Å². The molecule has 8 heteroatoms. The molecule has 0 atom stereocenters. The standard InChI is InChI=1S/C16H21N5O3/c1-11(2)18-16(22)13-5-6-14(15(7-13)21(23)24)19(3)9-12-8-17-20(4)10-12/h5-8,10-11H,9H2,1-4H3,(H,18,22). The van der Waals surface area contributed by atoms with Crippen molar-refractivity contribution in [1.29, 1.82) is 0 Å². The highest BCUT2D eigenvalue weighted by Crippen LogP contribution is 2.29. The van der Waals surface area contributed by atoms with E-state index in [-0.39, 0.29) is 23.2 Å². The molecule has 128 valence electrons. The summed E-state index contributed by atoms with van der Waals surface area (Å²) in [7, 11) is 3.58. The molecule has 0 aliphatic carbocycles. The van der Waals surface area contributed by atoms with Gasteiger partial charge < -0.3 is 10.2 Å². The second-order valence-electron chi connectivity index (χ2n) is 5.97. The molecule has 0 radical (unpaired) electrons. The molecule has 24 heavy (non-hydrogen) atoms. The first kappa shape index (κ1) is 17.5. The van der Waals surface area contributed by atoms with Crippen LogP contribution in [0, 0.1) is 10.1 Å². The molecule has 1 heterocycles. The number of amides is 1. The molecule has 0 unspecified atom stereocenters. The lowest BCUT2D eigenvalue weighted by Gasteiger charge is -2.19. The fourth-order valence-corrected chi connectivity index (χ4v) is 2.39. The van der Waals surface area contributed by atoms with Crippen molar-refractivity contribution in [3.8, 4) is 0 Å². The largest absolute Gasteiger partial charge is 0.365 e. The molecule has 2 aromatic rings. The molecule has 0 bridgehead atoms. The smallest absolute Gasteiger partial charge is 0.293 e. The molecular weight excluding hydrogens is 310 g/mol. The number of nitro groups is 1. The predicted octanol–water partition coefficient (Wildman–Crippen LogP) is 2.10. The zero-order valence-electron chi connectivity index (χ0n) is 14.2. The number of carbonyl (C=O) groups excluding carboxylic acids is 1. The molecular formula is C16H21N5O3. The van der Waals surface area contributed by atoms with E-state index in [1.54, 1.807) is 35.0 Å². The molecule has 0 spiro atoms. The summed E-state index contributed by atoms with van der Waals surface area (Å²) in [6.07, 6.45) is 3.57. The summed E-state index contributed by atoms with van der Waals surface area (Å²) in [5, 5.41) is 18.2. The average Bonchev–Trinajstić information content (AvgIpc) is 2.90. The topological polar surface area (TPSA) is 93.3 Å². The molecule has 1 aromatic carbocycles. The van der Waals surface area contributed by atoms with Gasteiger partial charge in [-0.05, 0) is 26.0 Å². The summed E-state index contributed by atoms with van der Waals surface area (Å²) in [6.45, 7) is 4.15. The van der Waals surface area contributed by atoms with E-state index in [4.69, 9.17) is 0 Å². The molecule has 0 saturated carbocycles. The Bertz CT molecular complexity index is 754. The Labute approximate surface area is 140 Å². The van der Waals surface area contributed by atoms with Crippen LogP contribution in [0.2, 0.25) is 0 Å². The lowest BCUT2D eigenvalue weighted by molar-refractivity contribution is -0.384. The third kappa shape index (κ3) is 4.09. The van der Waals surface area contributed by atoms with E-state index in [1.807, 2.05) is 27.1 Å². The minimum Gasteiger partial charge on any atom is -0.365 e. The quantitative estimate of drug-likeness (QED) is 0.646. The van der Waals surface area contributed by atoms with Crippen LogP contribution in [0.4, 0.5) is 11.4 Å². The molecule has 0 fully saturated rings. The minimum atomic E-state index is -0.471. The zero-order chi connectivity index (χ0) is 17.9. The number of rotatable bonds is 6. The number of hydrogen-bond donors (Lipinski definition) is 1. The summed E-state index contributed by atoms with van der Waals surface area (Å²) >= 11 is 0. The number of hydrogen-bond acceptors (Lipinski definition) is 5. The molecule has 1 amide bonds. The van der Waals surface area contributed by atoms with Crippen molar-refractivity contribution >= 4 is 17.3 Å². The third-order valence-corrected chi connectivity index (χ3v) is 3.44. The Morgan fingerprint density at radius 3 is 2.71 bits per heavy atom. The molecule has 1 N–H and O–H groups in total. The van der Waals surface area contributed by atoms with Crippen LogP contribution >= 0.6 is 0 Å². The lowest BCUT2D eigenvalue weighted by Crippen LogP contribution is -2.30. The van der Waals surface area contributed by atoms with Gasteiger partial charge in [-0.15, -0.1) is 0 Å². The number of nitrogens with one attached hydrogen (secondary N) is 1. The van der Waals surface area contributed by atoms with E-state index in [0.29, 0.717) is 12.2 Å². The van der Waals surface area contributed by atoms with Crippen molar-refractivity contribution < 1.29 is 9.72 Å². The number of carbonyl (C=O) groups is 1. The summed E-state index contributed by atoms with van der Waals surface area (Å²) in [6, 6.07) is 4.47. The first-order valence-electron chi connectivity index (χ1n) is 7.56. The van der Waals surface area contributed by atoms with Gasteiger partial charge in [0.1, 0.15) is 5.69 Å². The van der Waals surface area contributed by atoms with E-state index in [0.717, 1.165) is 5.56 Å². The average molecular weight is 331 g/mol. The molecule has 0 aliphatic heterocycles. The summed E-state index contributed by atoms with van der Waals surface area (Å²) < 4.78 is 1.68. The van der Waals surface area contributed by atoms with Crippen molar-refractivity contribution in [2.75, 3.05) is 11.9 Å². The molecule has 1 aromatic heterocycles. The van der Waals surface area contributed by atoms with Gasteiger partial charge in [0.2, 0.25) is 0 Å². The van der Waals surface area contributed by atoms with E-state index in [9.17, 15) is 14.9 Å². The Morgan fingerprint density at radius 1 is 1.46 bits per heavy atom. The van der Waals surface area contributed by atoms with Crippen LogP contribution in [-0.4, -0.2) is 33.7 Å². The Hall–Kier alpha value is -2.90. The van der Waals surface area contributed by atoms with Crippen LogP contribution in [0.1, 0.15) is 29.8 Å². The highest BCUT2D eigenvalue weighted by molar-refractivity contribution is 5.95. The maximum Gasteiger partial charge on any atom is 0.293 e. The number of aromatic nitrogens is 2. The van der Waals surface area contributed by atoms with Crippen molar-refractivity contribution in [3.63, 3.8) is 0 Å². The van der Waals surface area contributed by atoms with E-state index >= 15 is 0 Å². The number of aryl methyl sites for hydroxylation is 1. The first-order chi connectivity index (χ1) is 11.3. The normalized spacial score (nSPS) is 10.7. The van der Waals surface area contributed by atoms with E-state index in [1.165, 1.54) is 6.07 Å². The van der Waals surface area contributed by atoms with Gasteiger partial charge in [0, 0.05) is 50.1 Å². The number of anilines is 1. The third-order valence-electron chi connectivity index (χ3n) is 3.44. The van der Waals surface area contributed by atoms with Gasteiger partial charge >= 0.3 is 0 Å². The van der Waals surface area contributed by atoms with Crippen LogP contribution in [0.5, 0.6) is 0 Å². The fourth-order valence-electron chi connectivity index (χ4n) is 2.39. The van der Waals surface area contributed by atoms with Crippen LogP contribution < -0.4 is 10.2 Å². The van der Waals surface area contributed by atoms with Gasteiger partial charge in [0.05, 0.1) is 11.1 Å². The predicted molar refractivity (Wildman–Crippen MR) is 91.0 cm³/mol. The van der Waals surface area contributed by atoms with Crippen LogP contribution in [0.3, 0.4) is 0 Å². The molecule has 8 nitrogen and oxygen atoms in total. The van der Waals surface area contributed by atoms with Crippen LogP contribution in [0.25, 0.3) is 0 Å². The second-order valence-corrected chi connectivity index (χ2v) is 5.97. The number of nitro benzene ring substituents is 1. The Balaban J connectivity index is 2.29. The van der Waals surface area contributed by atoms with Crippen LogP contribution in [0.15, 0.2) is 30.6 Å². The molecule has 2 rings (SSSR count). The van der Waals surface area contributed by atoms with Gasteiger partial charge in [-0.3, -0.25) is 19.6 Å². The van der Waals surface area contributed by atoms with Crippen molar-refractivity contribution in [2.45, 2.75) is 26.4 Å². The highest BCUT2D eigenvalue weighted by Gasteiger charge is 2.20. The van der Waals surface area contributed by atoms with E-state index < -0.39 is 4.92 Å². The monoisotopic (exact) mass is 331 g/mol. The molecule has 0 saturated heterocycles. The van der Waals surface area contributed by atoms with Crippen molar-refractivity contribution in [1.82, 2.24) is 15.1 Å². The zero-order valence-corrected chi connectivity index (χ0v) is 14.2. The maximum absolute atomic E-state index is 12.0. The Morgan fingerprint density at radius 2 is 2.17 bits per heavy atom. The highest BCUT2D eigenvalue weighted by atomic mass is 16.6. The van der Waals surface area contributed by atoms with Gasteiger partial charge in [-0.2, -0.15) is 5.10 Å². The van der Waals surface area contributed by atoms with Gasteiger partial charge in [-0.1, -0.05) is 0 Å². The lowest BCUT2D eigenvalue weighted by atomic mass is 10.1. The number of nitrogens with zero attached hydrogens (tertiary/aromatic N) is 4. The fraction of sp³-hybridized carbons (Fsp3) is 0.375. The van der Waals surface area contributed by atoms with Gasteiger partial charge in [0.25, 0.3) is 11.6 Å². The van der Waals surface area contributed by atoms with E-state index in [2.05, 4.69) is 10.4 Å². The number of benzene rings is 1.